The van der Waals surface area contributed by atoms with Crippen LogP contribution in [0.4, 0.5) is 0 Å². The zero-order chi connectivity index (χ0) is 11.0. The fourth-order valence-corrected chi connectivity index (χ4v) is 2.69. The molecule has 0 saturated heterocycles. The molecule has 88 valence electrons. The van der Waals surface area contributed by atoms with Crippen LogP contribution in [-0.2, 0) is 6.54 Å². The second-order valence-corrected chi connectivity index (χ2v) is 5.36. The van der Waals surface area contributed by atoms with Gasteiger partial charge in [-0.15, -0.1) is 0 Å². The summed E-state index contributed by atoms with van der Waals surface area (Å²) in [5.74, 6) is 0. The third-order valence-electron chi connectivity index (χ3n) is 4.32. The monoisotopic (exact) mass is 219 g/mol. The number of hydrogen-bond acceptors (Lipinski definition) is 2. The average Bonchev–Trinajstić information content (AvgIpc) is 2.98. The number of hydrogen-bond donors (Lipinski definition) is 1. The fourth-order valence-electron chi connectivity index (χ4n) is 2.69. The molecule has 1 heterocycles. The van der Waals surface area contributed by atoms with Gasteiger partial charge < -0.3 is 9.88 Å². The van der Waals surface area contributed by atoms with Gasteiger partial charge in [-0.05, 0) is 38.5 Å². The molecule has 3 heteroatoms. The largest absolute Gasteiger partial charge is 0.330 e. The second kappa shape index (κ2) is 3.88. The Morgan fingerprint density at radius 3 is 2.88 bits per heavy atom. The minimum absolute atomic E-state index is 0.443. The summed E-state index contributed by atoms with van der Waals surface area (Å²) in [6.07, 6.45) is 12.0. The Morgan fingerprint density at radius 1 is 1.50 bits per heavy atom. The van der Waals surface area contributed by atoms with Gasteiger partial charge >= 0.3 is 0 Å². The lowest BCUT2D eigenvalue weighted by Gasteiger charge is -2.42. The molecule has 16 heavy (non-hydrogen) atoms. The molecule has 0 aromatic carbocycles. The summed E-state index contributed by atoms with van der Waals surface area (Å²) in [5.41, 5.74) is 1.81. The summed E-state index contributed by atoms with van der Waals surface area (Å²) >= 11 is 0. The van der Waals surface area contributed by atoms with Gasteiger partial charge in [-0.1, -0.05) is 6.92 Å². The molecule has 0 spiro atoms. The summed E-state index contributed by atoms with van der Waals surface area (Å²) in [6.45, 7) is 3.29. The first-order valence-corrected chi connectivity index (χ1v) is 6.59. The van der Waals surface area contributed by atoms with Crippen molar-refractivity contribution in [2.45, 2.75) is 63.6 Å². The van der Waals surface area contributed by atoms with E-state index >= 15 is 0 Å². The van der Waals surface area contributed by atoms with Crippen LogP contribution >= 0.6 is 0 Å². The van der Waals surface area contributed by atoms with Crippen molar-refractivity contribution in [3.05, 3.63) is 18.2 Å². The molecule has 0 atom stereocenters. The van der Waals surface area contributed by atoms with Crippen LogP contribution in [0.2, 0.25) is 0 Å². The maximum atomic E-state index is 4.28. The predicted octanol–water partition coefficient (Wildman–Crippen LogP) is 2.64. The van der Waals surface area contributed by atoms with Gasteiger partial charge in [0.05, 0.1) is 12.0 Å². The molecular weight excluding hydrogens is 198 g/mol. The summed E-state index contributed by atoms with van der Waals surface area (Å²) in [4.78, 5) is 4.28. The summed E-state index contributed by atoms with van der Waals surface area (Å²) in [5, 5.41) is 3.75. The highest BCUT2D eigenvalue weighted by molar-refractivity contribution is 5.05. The summed E-state index contributed by atoms with van der Waals surface area (Å²) in [6, 6.07) is 0.748. The van der Waals surface area contributed by atoms with E-state index in [0.717, 1.165) is 12.6 Å². The molecule has 3 rings (SSSR count). The second-order valence-electron chi connectivity index (χ2n) is 5.36. The maximum Gasteiger partial charge on any atom is 0.0951 e. The minimum atomic E-state index is 0.443. The van der Waals surface area contributed by atoms with Gasteiger partial charge in [-0.2, -0.15) is 0 Å². The molecule has 2 fully saturated rings. The number of nitrogens with one attached hydrogen (secondary N) is 1. The number of imidazole rings is 1. The topological polar surface area (TPSA) is 29.9 Å². The van der Waals surface area contributed by atoms with Crippen LogP contribution in [0.5, 0.6) is 0 Å². The van der Waals surface area contributed by atoms with Gasteiger partial charge in [0.2, 0.25) is 0 Å². The van der Waals surface area contributed by atoms with Crippen LogP contribution in [0.1, 0.15) is 57.2 Å². The van der Waals surface area contributed by atoms with Crippen LogP contribution in [0.3, 0.4) is 0 Å². The van der Waals surface area contributed by atoms with Crippen LogP contribution in [0.25, 0.3) is 0 Å². The first-order chi connectivity index (χ1) is 7.83. The average molecular weight is 219 g/mol. The van der Waals surface area contributed by atoms with Gasteiger partial charge in [0, 0.05) is 24.3 Å². The molecule has 1 aromatic rings. The van der Waals surface area contributed by atoms with Crippen molar-refractivity contribution >= 4 is 0 Å². The Balaban J connectivity index is 1.63. The third-order valence-corrected chi connectivity index (χ3v) is 4.32. The molecule has 2 aliphatic carbocycles. The van der Waals surface area contributed by atoms with Crippen molar-refractivity contribution in [3.8, 4) is 0 Å². The highest BCUT2D eigenvalue weighted by Gasteiger charge is 2.34. The minimum Gasteiger partial charge on any atom is -0.330 e. The fraction of sp³-hybridized carbons (Fsp3) is 0.769. The van der Waals surface area contributed by atoms with E-state index in [0.29, 0.717) is 5.54 Å². The van der Waals surface area contributed by atoms with E-state index in [4.69, 9.17) is 0 Å². The third kappa shape index (κ3) is 1.77. The van der Waals surface area contributed by atoms with E-state index in [9.17, 15) is 0 Å². The van der Waals surface area contributed by atoms with Crippen LogP contribution in [0.15, 0.2) is 12.5 Å². The SMILES string of the molecule is CCC1(NCc2cncn2C2CC2)CCC1. The van der Waals surface area contributed by atoms with Gasteiger partial charge in [0.15, 0.2) is 0 Å². The van der Waals surface area contributed by atoms with Crippen molar-refractivity contribution < 1.29 is 0 Å². The maximum absolute atomic E-state index is 4.28. The van der Waals surface area contributed by atoms with E-state index < -0.39 is 0 Å². The first kappa shape index (κ1) is 10.3. The lowest BCUT2D eigenvalue weighted by molar-refractivity contribution is 0.174. The Hall–Kier alpha value is -0.830. The van der Waals surface area contributed by atoms with Crippen LogP contribution < -0.4 is 5.32 Å². The van der Waals surface area contributed by atoms with E-state index in [2.05, 4.69) is 21.8 Å². The van der Waals surface area contributed by atoms with E-state index in [1.807, 2.05) is 12.5 Å². The lowest BCUT2D eigenvalue weighted by Crippen LogP contribution is -2.50. The van der Waals surface area contributed by atoms with Crippen LogP contribution in [0, 0.1) is 0 Å². The Bertz CT molecular complexity index is 355. The quantitative estimate of drug-likeness (QED) is 0.825. The molecule has 3 nitrogen and oxygen atoms in total. The van der Waals surface area contributed by atoms with Crippen LogP contribution in [-0.4, -0.2) is 15.1 Å². The van der Waals surface area contributed by atoms with Crippen molar-refractivity contribution in [1.29, 1.82) is 0 Å². The van der Waals surface area contributed by atoms with E-state index in [-0.39, 0.29) is 0 Å². The molecule has 0 amide bonds. The molecule has 1 N–H and O–H groups in total. The predicted molar refractivity (Wildman–Crippen MR) is 64.2 cm³/mol. The zero-order valence-corrected chi connectivity index (χ0v) is 10.1. The van der Waals surface area contributed by atoms with Crippen molar-refractivity contribution in [1.82, 2.24) is 14.9 Å². The molecule has 0 unspecified atom stereocenters. The summed E-state index contributed by atoms with van der Waals surface area (Å²) < 4.78 is 2.36. The van der Waals surface area contributed by atoms with Crippen molar-refractivity contribution in [3.63, 3.8) is 0 Å². The normalized spacial score (nSPS) is 23.1. The molecular formula is C13H21N3. The van der Waals surface area contributed by atoms with E-state index in [1.54, 1.807) is 0 Å². The van der Waals surface area contributed by atoms with Crippen molar-refractivity contribution in [2.24, 2.45) is 0 Å². The zero-order valence-electron chi connectivity index (χ0n) is 10.1. The highest BCUT2D eigenvalue weighted by atomic mass is 15.1. The first-order valence-electron chi connectivity index (χ1n) is 6.59. The molecule has 1 aromatic heterocycles. The number of aromatic nitrogens is 2. The van der Waals surface area contributed by atoms with Gasteiger partial charge in [0.25, 0.3) is 0 Å². The van der Waals surface area contributed by atoms with Gasteiger partial charge in [0.1, 0.15) is 0 Å². The molecule has 0 bridgehead atoms. The van der Waals surface area contributed by atoms with E-state index in [1.165, 1.54) is 44.2 Å². The standard InChI is InChI=1S/C13H21N3/c1-2-13(6-3-7-13)15-9-12-8-14-10-16(12)11-4-5-11/h8,10-11,15H,2-7,9H2,1H3. The Morgan fingerprint density at radius 2 is 2.31 bits per heavy atom. The van der Waals surface area contributed by atoms with Gasteiger partial charge in [-0.25, -0.2) is 4.98 Å². The molecule has 2 saturated carbocycles. The van der Waals surface area contributed by atoms with Crippen molar-refractivity contribution in [2.75, 3.05) is 0 Å². The number of nitrogens with zero attached hydrogens (tertiary/aromatic N) is 2. The molecule has 2 aliphatic rings. The highest BCUT2D eigenvalue weighted by Crippen LogP contribution is 2.37. The number of rotatable bonds is 5. The Labute approximate surface area is 97.3 Å². The van der Waals surface area contributed by atoms with Gasteiger partial charge in [-0.3, -0.25) is 0 Å². The lowest BCUT2D eigenvalue weighted by atomic mass is 9.75. The smallest absolute Gasteiger partial charge is 0.0951 e. The molecule has 0 aliphatic heterocycles. The molecule has 0 radical (unpaired) electrons. The summed E-state index contributed by atoms with van der Waals surface area (Å²) in [7, 11) is 0. The Kier molecular flexibility index (Phi) is 2.51.